The van der Waals surface area contributed by atoms with Gasteiger partial charge in [-0.3, -0.25) is 0 Å². The van der Waals surface area contributed by atoms with E-state index < -0.39 is 0 Å². The van der Waals surface area contributed by atoms with E-state index in [-0.39, 0.29) is 12.5 Å². The van der Waals surface area contributed by atoms with Gasteiger partial charge >= 0.3 is 0 Å². The van der Waals surface area contributed by atoms with Gasteiger partial charge in [0.2, 0.25) is 0 Å². The lowest BCUT2D eigenvalue weighted by molar-refractivity contribution is 0.107. The molecule has 0 saturated carbocycles. The summed E-state index contributed by atoms with van der Waals surface area (Å²) in [6.07, 6.45) is 0. The van der Waals surface area contributed by atoms with Gasteiger partial charge in [0.1, 0.15) is 5.75 Å². The molecule has 112 valence electrons. The molecule has 2 rings (SSSR count). The lowest BCUT2D eigenvalue weighted by atomic mass is 10.0. The van der Waals surface area contributed by atoms with Crippen LogP contribution in [0.15, 0.2) is 48.5 Å². The zero-order chi connectivity index (χ0) is 15.1. The van der Waals surface area contributed by atoms with Crippen LogP contribution in [0.4, 0.5) is 0 Å². The van der Waals surface area contributed by atoms with Crippen LogP contribution in [0.2, 0.25) is 0 Å². The van der Waals surface area contributed by atoms with Crippen LogP contribution in [0.1, 0.15) is 29.5 Å². The van der Waals surface area contributed by atoms with Crippen LogP contribution < -0.4 is 4.74 Å². The number of benzene rings is 2. The number of aliphatic hydroxyl groups is 1. The smallest absolute Gasteiger partial charge is 0.118 e. The quantitative estimate of drug-likeness (QED) is 0.846. The molecular weight excluding hydrogens is 264 g/mol. The number of hydrogen-bond acceptors (Lipinski definition) is 3. The third kappa shape index (κ3) is 4.59. The molecule has 3 nitrogen and oxygen atoms in total. The van der Waals surface area contributed by atoms with Crippen LogP contribution >= 0.6 is 0 Å². The third-order valence-electron chi connectivity index (χ3n) is 3.52. The molecule has 0 aliphatic rings. The average molecular weight is 286 g/mol. The summed E-state index contributed by atoms with van der Waals surface area (Å²) in [6, 6.07) is 16.1. The minimum atomic E-state index is 0.174. The molecule has 0 bridgehead atoms. The largest absolute Gasteiger partial charge is 0.497 e. The number of methoxy groups -OCH3 is 1. The van der Waals surface area contributed by atoms with Gasteiger partial charge in [-0.15, -0.1) is 0 Å². The molecule has 0 fully saturated rings. The zero-order valence-corrected chi connectivity index (χ0v) is 12.6. The first kappa shape index (κ1) is 15.5. The first-order chi connectivity index (χ1) is 10.2. The van der Waals surface area contributed by atoms with Crippen molar-refractivity contribution in [3.63, 3.8) is 0 Å². The maximum Gasteiger partial charge on any atom is 0.118 e. The summed E-state index contributed by atoms with van der Waals surface area (Å²) in [7, 11) is 1.66. The number of ether oxygens (including phenoxy) is 2. The van der Waals surface area contributed by atoms with E-state index in [4.69, 9.17) is 14.6 Å². The van der Waals surface area contributed by atoms with Crippen molar-refractivity contribution < 1.29 is 14.6 Å². The maximum absolute atomic E-state index is 9.13. The Morgan fingerprint density at radius 2 is 1.43 bits per heavy atom. The third-order valence-corrected chi connectivity index (χ3v) is 3.52. The highest BCUT2D eigenvalue weighted by Crippen LogP contribution is 2.16. The lowest BCUT2D eigenvalue weighted by Crippen LogP contribution is -1.99. The van der Waals surface area contributed by atoms with Gasteiger partial charge in [0, 0.05) is 12.5 Å². The SMILES string of the molecule is COc1ccc(COCc2ccc(C(C)CO)cc2)cc1. The molecule has 1 atom stereocenters. The predicted octanol–water partition coefficient (Wildman–Crippen LogP) is 3.51. The molecule has 1 unspecified atom stereocenters. The Hall–Kier alpha value is -1.84. The monoisotopic (exact) mass is 286 g/mol. The van der Waals surface area contributed by atoms with E-state index in [1.807, 2.05) is 43.3 Å². The minimum Gasteiger partial charge on any atom is -0.497 e. The molecule has 0 radical (unpaired) electrons. The van der Waals surface area contributed by atoms with Gasteiger partial charge < -0.3 is 14.6 Å². The molecular formula is C18H22O3. The number of aliphatic hydroxyl groups excluding tert-OH is 1. The Bertz CT molecular complexity index is 531. The molecule has 2 aromatic carbocycles. The van der Waals surface area contributed by atoms with Gasteiger partial charge in [-0.25, -0.2) is 0 Å². The Morgan fingerprint density at radius 1 is 0.905 bits per heavy atom. The summed E-state index contributed by atoms with van der Waals surface area (Å²) >= 11 is 0. The molecule has 0 aromatic heterocycles. The lowest BCUT2D eigenvalue weighted by Gasteiger charge is -2.10. The number of hydrogen-bond donors (Lipinski definition) is 1. The van der Waals surface area contributed by atoms with E-state index in [9.17, 15) is 0 Å². The fourth-order valence-electron chi connectivity index (χ4n) is 2.06. The molecule has 21 heavy (non-hydrogen) atoms. The van der Waals surface area contributed by atoms with Crippen molar-refractivity contribution in [3.05, 3.63) is 65.2 Å². The Balaban J connectivity index is 1.82. The van der Waals surface area contributed by atoms with Gasteiger partial charge in [-0.1, -0.05) is 43.3 Å². The molecule has 0 heterocycles. The van der Waals surface area contributed by atoms with Gasteiger partial charge in [-0.2, -0.15) is 0 Å². The molecule has 0 aliphatic heterocycles. The normalized spacial score (nSPS) is 12.1. The first-order valence-electron chi connectivity index (χ1n) is 7.13. The molecule has 0 amide bonds. The van der Waals surface area contributed by atoms with E-state index in [0.29, 0.717) is 13.2 Å². The fraction of sp³-hybridized carbons (Fsp3) is 0.333. The zero-order valence-electron chi connectivity index (χ0n) is 12.6. The minimum absolute atomic E-state index is 0.174. The molecule has 0 aliphatic carbocycles. The van der Waals surface area contributed by atoms with Crippen molar-refractivity contribution in [1.82, 2.24) is 0 Å². The van der Waals surface area contributed by atoms with Crippen molar-refractivity contribution in [2.75, 3.05) is 13.7 Å². The van der Waals surface area contributed by atoms with Crippen LogP contribution in [0.3, 0.4) is 0 Å². The average Bonchev–Trinajstić information content (AvgIpc) is 2.55. The summed E-state index contributed by atoms with van der Waals surface area (Å²) < 4.78 is 10.8. The van der Waals surface area contributed by atoms with Crippen LogP contribution in [-0.4, -0.2) is 18.8 Å². The fourth-order valence-corrected chi connectivity index (χ4v) is 2.06. The Morgan fingerprint density at radius 3 is 1.90 bits per heavy atom. The van der Waals surface area contributed by atoms with Crippen molar-refractivity contribution in [2.24, 2.45) is 0 Å². The van der Waals surface area contributed by atoms with Crippen LogP contribution in [0.5, 0.6) is 5.75 Å². The summed E-state index contributed by atoms with van der Waals surface area (Å²) in [5.74, 6) is 1.03. The molecule has 1 N–H and O–H groups in total. The van der Waals surface area contributed by atoms with Crippen molar-refractivity contribution in [3.8, 4) is 5.75 Å². The van der Waals surface area contributed by atoms with Gasteiger partial charge in [0.25, 0.3) is 0 Å². The highest BCUT2D eigenvalue weighted by molar-refractivity contribution is 5.27. The molecule has 0 spiro atoms. The van der Waals surface area contributed by atoms with Gasteiger partial charge in [0.15, 0.2) is 0 Å². The second-order valence-electron chi connectivity index (χ2n) is 5.17. The Kier molecular flexibility index (Phi) is 5.78. The highest BCUT2D eigenvalue weighted by Gasteiger charge is 2.03. The van der Waals surface area contributed by atoms with E-state index in [0.717, 1.165) is 22.4 Å². The summed E-state index contributed by atoms with van der Waals surface area (Å²) in [4.78, 5) is 0. The second kappa shape index (κ2) is 7.81. The van der Waals surface area contributed by atoms with Gasteiger partial charge in [0.05, 0.1) is 20.3 Å². The van der Waals surface area contributed by atoms with E-state index >= 15 is 0 Å². The van der Waals surface area contributed by atoms with Crippen molar-refractivity contribution >= 4 is 0 Å². The van der Waals surface area contributed by atoms with Crippen LogP contribution in [0.25, 0.3) is 0 Å². The van der Waals surface area contributed by atoms with Crippen LogP contribution in [-0.2, 0) is 18.0 Å². The van der Waals surface area contributed by atoms with Crippen molar-refractivity contribution in [2.45, 2.75) is 26.1 Å². The highest BCUT2D eigenvalue weighted by atomic mass is 16.5. The van der Waals surface area contributed by atoms with E-state index in [2.05, 4.69) is 12.1 Å². The number of rotatable bonds is 7. The molecule has 2 aromatic rings. The Labute approximate surface area is 126 Å². The second-order valence-corrected chi connectivity index (χ2v) is 5.17. The van der Waals surface area contributed by atoms with Gasteiger partial charge in [-0.05, 0) is 28.8 Å². The maximum atomic E-state index is 9.13. The molecule has 0 saturated heterocycles. The van der Waals surface area contributed by atoms with Crippen LogP contribution in [0, 0.1) is 0 Å². The van der Waals surface area contributed by atoms with E-state index in [1.54, 1.807) is 7.11 Å². The topological polar surface area (TPSA) is 38.7 Å². The standard InChI is InChI=1S/C18H22O3/c1-14(11-19)17-7-3-15(4-8-17)12-21-13-16-5-9-18(20-2)10-6-16/h3-10,14,19H,11-13H2,1-2H3. The summed E-state index contributed by atoms with van der Waals surface area (Å²) in [6.45, 7) is 3.35. The summed E-state index contributed by atoms with van der Waals surface area (Å²) in [5, 5.41) is 9.13. The predicted molar refractivity (Wildman–Crippen MR) is 83.4 cm³/mol. The summed E-state index contributed by atoms with van der Waals surface area (Å²) in [5.41, 5.74) is 3.41. The van der Waals surface area contributed by atoms with E-state index in [1.165, 1.54) is 0 Å². The van der Waals surface area contributed by atoms with Crippen molar-refractivity contribution in [1.29, 1.82) is 0 Å². The molecule has 3 heteroatoms. The first-order valence-corrected chi connectivity index (χ1v) is 7.13.